The highest BCUT2D eigenvalue weighted by Gasteiger charge is 2.15. The van der Waals surface area contributed by atoms with Crippen molar-refractivity contribution in [1.82, 2.24) is 10.2 Å². The molecule has 0 amide bonds. The van der Waals surface area contributed by atoms with Crippen LogP contribution in [0.25, 0.3) is 0 Å². The van der Waals surface area contributed by atoms with Crippen molar-refractivity contribution in [2.45, 2.75) is 18.9 Å². The molecule has 0 radical (unpaired) electrons. The van der Waals surface area contributed by atoms with Crippen molar-refractivity contribution in [1.29, 1.82) is 0 Å². The average molecular weight is 189 g/mol. The van der Waals surface area contributed by atoms with Crippen molar-refractivity contribution in [3.8, 4) is 0 Å². The number of hydrogen-bond donors (Lipinski definition) is 1. The van der Waals surface area contributed by atoms with Crippen LogP contribution in [0.15, 0.2) is 11.6 Å². The Balaban J connectivity index is 2.17. The summed E-state index contributed by atoms with van der Waals surface area (Å²) in [6, 6.07) is 0.723. The van der Waals surface area contributed by atoms with Gasteiger partial charge in [-0.2, -0.15) is 0 Å². The number of rotatable bonds is 3. The van der Waals surface area contributed by atoms with Crippen molar-refractivity contribution in [3.05, 3.63) is 11.6 Å². The molecule has 0 atom stereocenters. The molecule has 12 heavy (non-hydrogen) atoms. The molecule has 2 nitrogen and oxygen atoms in total. The fourth-order valence-corrected chi connectivity index (χ4v) is 1.67. The van der Waals surface area contributed by atoms with E-state index in [1.165, 1.54) is 25.9 Å². The van der Waals surface area contributed by atoms with E-state index in [9.17, 15) is 0 Å². The fourth-order valence-electron chi connectivity index (χ4n) is 1.59. The first kappa shape index (κ1) is 10.0. The molecule has 0 aliphatic carbocycles. The third-order valence-electron chi connectivity index (χ3n) is 2.45. The van der Waals surface area contributed by atoms with E-state index in [1.54, 1.807) is 5.54 Å². The van der Waals surface area contributed by atoms with Gasteiger partial charge in [-0.1, -0.05) is 17.7 Å². The van der Waals surface area contributed by atoms with Gasteiger partial charge < -0.3 is 5.32 Å². The summed E-state index contributed by atoms with van der Waals surface area (Å²) >= 11 is 5.46. The van der Waals surface area contributed by atoms with E-state index in [-0.39, 0.29) is 0 Å². The molecular formula is C9H17ClN2. The molecular weight excluding hydrogens is 172 g/mol. The number of nitrogens with zero attached hydrogens (tertiary/aromatic N) is 1. The van der Waals surface area contributed by atoms with E-state index in [1.807, 2.05) is 13.1 Å². The Bertz CT molecular complexity index is 139. The van der Waals surface area contributed by atoms with Crippen LogP contribution >= 0.6 is 11.6 Å². The molecule has 0 aromatic heterocycles. The summed E-state index contributed by atoms with van der Waals surface area (Å²) in [6.45, 7) is 3.37. The van der Waals surface area contributed by atoms with E-state index in [0.29, 0.717) is 0 Å². The van der Waals surface area contributed by atoms with Crippen molar-refractivity contribution in [2.75, 3.05) is 26.7 Å². The minimum atomic E-state index is 0.723. The lowest BCUT2D eigenvalue weighted by atomic mass is 10.1. The molecule has 0 aromatic rings. The molecule has 0 spiro atoms. The monoisotopic (exact) mass is 188 g/mol. The summed E-state index contributed by atoms with van der Waals surface area (Å²) in [6.07, 6.45) is 4.51. The molecule has 1 rings (SSSR count). The Kier molecular flexibility index (Phi) is 4.66. The van der Waals surface area contributed by atoms with Gasteiger partial charge in [-0.05, 0) is 33.0 Å². The molecule has 1 aliphatic rings. The second-order valence-electron chi connectivity index (χ2n) is 3.23. The Morgan fingerprint density at radius 1 is 1.50 bits per heavy atom. The van der Waals surface area contributed by atoms with Crippen LogP contribution in [0, 0.1) is 0 Å². The predicted octanol–water partition coefficient (Wildman–Crippen LogP) is 1.42. The maximum Gasteiger partial charge on any atom is 0.0174 e. The van der Waals surface area contributed by atoms with Gasteiger partial charge in [-0.25, -0.2) is 0 Å². The van der Waals surface area contributed by atoms with Crippen molar-refractivity contribution in [3.63, 3.8) is 0 Å². The molecule has 1 N–H and O–H groups in total. The SMILES string of the molecule is CNC1CCN(C/C=C/Cl)CC1. The van der Waals surface area contributed by atoms with Crippen LogP contribution in [0.4, 0.5) is 0 Å². The topological polar surface area (TPSA) is 15.3 Å². The lowest BCUT2D eigenvalue weighted by Gasteiger charge is -2.30. The molecule has 70 valence electrons. The van der Waals surface area contributed by atoms with Crippen LogP contribution < -0.4 is 5.32 Å². The zero-order chi connectivity index (χ0) is 8.81. The summed E-state index contributed by atoms with van der Waals surface area (Å²) in [7, 11) is 2.04. The first-order chi connectivity index (χ1) is 5.86. The summed E-state index contributed by atoms with van der Waals surface area (Å²) in [5, 5.41) is 3.31. The van der Waals surface area contributed by atoms with E-state index < -0.39 is 0 Å². The third-order valence-corrected chi connectivity index (χ3v) is 2.63. The van der Waals surface area contributed by atoms with Gasteiger partial charge in [-0.3, -0.25) is 4.90 Å². The number of piperidine rings is 1. The molecule has 0 saturated carbocycles. The largest absolute Gasteiger partial charge is 0.317 e. The van der Waals surface area contributed by atoms with Crippen LogP contribution in [0.1, 0.15) is 12.8 Å². The van der Waals surface area contributed by atoms with E-state index >= 15 is 0 Å². The molecule has 1 aliphatic heterocycles. The Morgan fingerprint density at radius 3 is 2.67 bits per heavy atom. The predicted molar refractivity (Wildman–Crippen MR) is 53.5 cm³/mol. The first-order valence-corrected chi connectivity index (χ1v) is 4.95. The quantitative estimate of drug-likeness (QED) is 0.721. The van der Waals surface area contributed by atoms with E-state index in [4.69, 9.17) is 11.6 Å². The number of hydrogen-bond acceptors (Lipinski definition) is 2. The first-order valence-electron chi connectivity index (χ1n) is 4.51. The molecule has 1 fully saturated rings. The Hall–Kier alpha value is -0.0500. The molecule has 1 saturated heterocycles. The highest BCUT2D eigenvalue weighted by molar-refractivity contribution is 6.25. The number of likely N-dealkylation sites (tertiary alicyclic amines) is 1. The maximum absolute atomic E-state index is 5.46. The third kappa shape index (κ3) is 3.13. The molecule has 0 aromatic carbocycles. The van der Waals surface area contributed by atoms with Gasteiger partial charge in [0.2, 0.25) is 0 Å². The van der Waals surface area contributed by atoms with Crippen LogP contribution in [-0.2, 0) is 0 Å². The fraction of sp³-hybridized carbons (Fsp3) is 0.778. The minimum absolute atomic E-state index is 0.723. The van der Waals surface area contributed by atoms with Gasteiger partial charge in [0.05, 0.1) is 0 Å². The summed E-state index contributed by atoms with van der Waals surface area (Å²) in [4.78, 5) is 2.42. The second-order valence-corrected chi connectivity index (χ2v) is 3.48. The van der Waals surface area contributed by atoms with E-state index in [2.05, 4.69) is 10.2 Å². The van der Waals surface area contributed by atoms with Crippen LogP contribution in [0.3, 0.4) is 0 Å². The maximum atomic E-state index is 5.46. The summed E-state index contributed by atoms with van der Waals surface area (Å²) in [5.41, 5.74) is 1.60. The smallest absolute Gasteiger partial charge is 0.0174 e. The van der Waals surface area contributed by atoms with Crippen molar-refractivity contribution < 1.29 is 0 Å². The standard InChI is InChI=1S/C9H17ClN2/c1-11-9-3-7-12(8-4-9)6-2-5-10/h2,5,9,11H,3-4,6-8H2,1H3/b5-2+. The zero-order valence-electron chi connectivity index (χ0n) is 7.59. The van der Waals surface area contributed by atoms with Gasteiger partial charge in [-0.15, -0.1) is 0 Å². The average Bonchev–Trinajstić information content (AvgIpc) is 2.15. The number of halogens is 1. The highest BCUT2D eigenvalue weighted by Crippen LogP contribution is 2.09. The van der Waals surface area contributed by atoms with Gasteiger partial charge in [0.25, 0.3) is 0 Å². The summed E-state index contributed by atoms with van der Waals surface area (Å²) < 4.78 is 0. The lowest BCUT2D eigenvalue weighted by molar-refractivity contribution is 0.220. The molecule has 3 heteroatoms. The Morgan fingerprint density at radius 2 is 2.17 bits per heavy atom. The second kappa shape index (κ2) is 5.57. The molecule has 0 bridgehead atoms. The van der Waals surface area contributed by atoms with Gasteiger partial charge in [0, 0.05) is 18.1 Å². The number of nitrogens with one attached hydrogen (secondary N) is 1. The Labute approximate surface area is 79.6 Å². The van der Waals surface area contributed by atoms with Gasteiger partial charge in [0.1, 0.15) is 0 Å². The normalized spacial score (nSPS) is 22.2. The van der Waals surface area contributed by atoms with Crippen LogP contribution in [0.2, 0.25) is 0 Å². The summed E-state index contributed by atoms with van der Waals surface area (Å²) in [5.74, 6) is 0. The van der Waals surface area contributed by atoms with E-state index in [0.717, 1.165) is 12.6 Å². The van der Waals surface area contributed by atoms with Gasteiger partial charge >= 0.3 is 0 Å². The van der Waals surface area contributed by atoms with Crippen LogP contribution in [-0.4, -0.2) is 37.6 Å². The van der Waals surface area contributed by atoms with Crippen molar-refractivity contribution >= 4 is 11.6 Å². The lowest BCUT2D eigenvalue weighted by Crippen LogP contribution is -2.41. The highest BCUT2D eigenvalue weighted by atomic mass is 35.5. The van der Waals surface area contributed by atoms with Crippen molar-refractivity contribution in [2.24, 2.45) is 0 Å². The molecule has 0 unspecified atom stereocenters. The zero-order valence-corrected chi connectivity index (χ0v) is 8.35. The van der Waals surface area contributed by atoms with Crippen LogP contribution in [0.5, 0.6) is 0 Å². The molecule has 1 heterocycles. The van der Waals surface area contributed by atoms with Gasteiger partial charge in [0.15, 0.2) is 0 Å². The minimum Gasteiger partial charge on any atom is -0.317 e.